The Hall–Kier alpha value is -1.55. The van der Waals surface area contributed by atoms with Crippen LogP contribution >= 0.6 is 0 Å². The maximum Gasteiger partial charge on any atom is 0.304 e. The number of likely N-dealkylation sites (tertiary alicyclic amines) is 1. The van der Waals surface area contributed by atoms with Gasteiger partial charge in [-0.2, -0.15) is 0 Å². The van der Waals surface area contributed by atoms with E-state index < -0.39 is 5.97 Å². The van der Waals surface area contributed by atoms with Crippen molar-refractivity contribution in [3.05, 3.63) is 29.8 Å². The molecule has 0 amide bonds. The third-order valence-electron chi connectivity index (χ3n) is 6.68. The molecule has 0 radical (unpaired) electrons. The number of rotatable bonds is 6. The topological polar surface area (TPSA) is 49.8 Å². The van der Waals surface area contributed by atoms with Gasteiger partial charge in [0.25, 0.3) is 0 Å². The summed E-state index contributed by atoms with van der Waals surface area (Å²) in [5, 5.41) is 8.94. The monoisotopic (exact) mass is 387 g/mol. The predicted molar refractivity (Wildman–Crippen MR) is 113 cm³/mol. The molecule has 1 unspecified atom stereocenters. The zero-order valence-electron chi connectivity index (χ0n) is 17.8. The van der Waals surface area contributed by atoms with Crippen LogP contribution in [0.4, 0.5) is 0 Å². The molecule has 1 aromatic rings. The Morgan fingerprint density at radius 3 is 2.61 bits per heavy atom. The lowest BCUT2D eigenvalue weighted by Crippen LogP contribution is -2.35. The highest BCUT2D eigenvalue weighted by molar-refractivity contribution is 5.66. The highest BCUT2D eigenvalue weighted by Crippen LogP contribution is 2.39. The minimum absolute atomic E-state index is 0.229. The molecular formula is C24H37NO3. The Morgan fingerprint density at radius 1 is 1.18 bits per heavy atom. The second kappa shape index (κ2) is 9.30. The lowest BCUT2D eigenvalue weighted by molar-refractivity contribution is -0.137. The molecule has 0 spiro atoms. The Bertz CT molecular complexity index is 643. The van der Waals surface area contributed by atoms with E-state index >= 15 is 0 Å². The molecule has 0 aromatic heterocycles. The van der Waals surface area contributed by atoms with Crippen LogP contribution < -0.4 is 4.74 Å². The van der Waals surface area contributed by atoms with E-state index in [1.807, 2.05) is 0 Å². The van der Waals surface area contributed by atoms with Crippen molar-refractivity contribution in [2.45, 2.75) is 77.7 Å². The van der Waals surface area contributed by atoms with Crippen LogP contribution in [0, 0.1) is 11.3 Å². The molecule has 28 heavy (non-hydrogen) atoms. The number of nitrogens with zero attached hydrogens (tertiary/aromatic N) is 1. The van der Waals surface area contributed by atoms with Crippen molar-refractivity contribution in [3.63, 3.8) is 0 Å². The maximum atomic E-state index is 10.9. The summed E-state index contributed by atoms with van der Waals surface area (Å²) < 4.78 is 6.36. The predicted octanol–water partition coefficient (Wildman–Crippen LogP) is 5.32. The van der Waals surface area contributed by atoms with Crippen LogP contribution in [-0.4, -0.2) is 41.7 Å². The van der Waals surface area contributed by atoms with Gasteiger partial charge < -0.3 is 14.7 Å². The summed E-state index contributed by atoms with van der Waals surface area (Å²) in [4.78, 5) is 13.2. The summed E-state index contributed by atoms with van der Waals surface area (Å²) in [7, 11) is 0. The van der Waals surface area contributed by atoms with Gasteiger partial charge in [-0.1, -0.05) is 32.9 Å². The second-order valence-corrected chi connectivity index (χ2v) is 9.81. The molecule has 1 aromatic carbocycles. The molecule has 4 heteroatoms. The van der Waals surface area contributed by atoms with Crippen LogP contribution in [0.25, 0.3) is 0 Å². The number of carbonyl (C=O) groups is 1. The van der Waals surface area contributed by atoms with Crippen LogP contribution in [0.5, 0.6) is 5.75 Å². The quantitative estimate of drug-likeness (QED) is 0.717. The van der Waals surface area contributed by atoms with Crippen LogP contribution in [0.3, 0.4) is 0 Å². The van der Waals surface area contributed by atoms with Gasteiger partial charge in [-0.25, -0.2) is 0 Å². The minimum atomic E-state index is -0.710. The summed E-state index contributed by atoms with van der Waals surface area (Å²) in [5.74, 6) is 1.57. The third-order valence-corrected chi connectivity index (χ3v) is 6.68. The van der Waals surface area contributed by atoms with Gasteiger partial charge >= 0.3 is 5.97 Å². The van der Waals surface area contributed by atoms with Gasteiger partial charge in [0, 0.05) is 13.1 Å². The number of hydrogen-bond donors (Lipinski definition) is 1. The molecule has 1 saturated carbocycles. The summed E-state index contributed by atoms with van der Waals surface area (Å²) in [5.41, 5.74) is 1.74. The largest absolute Gasteiger partial charge is 0.490 e. The molecule has 1 N–H and O–H groups in total. The van der Waals surface area contributed by atoms with Crippen LogP contribution in [0.2, 0.25) is 0 Å². The minimum Gasteiger partial charge on any atom is -0.490 e. The number of ether oxygens (including phenoxy) is 1. The Labute approximate surface area is 170 Å². The van der Waals surface area contributed by atoms with Gasteiger partial charge in [0.05, 0.1) is 12.5 Å². The highest BCUT2D eigenvalue weighted by Gasteiger charge is 2.30. The summed E-state index contributed by atoms with van der Waals surface area (Å²) in [6, 6.07) is 8.63. The molecule has 156 valence electrons. The lowest BCUT2D eigenvalue weighted by atomic mass is 9.72. The molecule has 1 aliphatic carbocycles. The van der Waals surface area contributed by atoms with E-state index in [1.165, 1.54) is 24.8 Å². The standard InChI is InChI=1S/C24H37NO3/c1-24(2,3)20-9-11-21(12-10-20)28-22-8-4-6-18(16-22)19-7-5-14-25(17-19)15-13-23(26)27/h4,6,8,16,19-21H,5,7,9-15,17H2,1-3H3,(H,26,27). The Morgan fingerprint density at radius 2 is 1.93 bits per heavy atom. The fraction of sp³-hybridized carbons (Fsp3) is 0.708. The number of piperidine rings is 1. The fourth-order valence-corrected chi connectivity index (χ4v) is 4.87. The van der Waals surface area contributed by atoms with E-state index in [9.17, 15) is 4.79 Å². The smallest absolute Gasteiger partial charge is 0.304 e. The summed E-state index contributed by atoms with van der Waals surface area (Å²) >= 11 is 0. The van der Waals surface area contributed by atoms with Gasteiger partial charge in [-0.05, 0) is 80.0 Å². The third kappa shape index (κ3) is 5.97. The van der Waals surface area contributed by atoms with E-state index in [-0.39, 0.29) is 6.42 Å². The SMILES string of the molecule is CC(C)(C)C1CCC(Oc2cccc(C3CCCN(CCC(=O)O)C3)c2)CC1. The van der Waals surface area contributed by atoms with Crippen molar-refractivity contribution < 1.29 is 14.6 Å². The van der Waals surface area contributed by atoms with Gasteiger partial charge in [0.1, 0.15) is 5.75 Å². The molecule has 1 atom stereocenters. The van der Waals surface area contributed by atoms with Gasteiger partial charge in [-0.15, -0.1) is 0 Å². The average molecular weight is 388 g/mol. The van der Waals surface area contributed by atoms with Crippen LogP contribution in [0.15, 0.2) is 24.3 Å². The second-order valence-electron chi connectivity index (χ2n) is 9.81. The summed E-state index contributed by atoms with van der Waals surface area (Å²) in [6.45, 7) is 9.67. The molecule has 2 aliphatic rings. The molecular weight excluding hydrogens is 350 g/mol. The fourth-order valence-electron chi connectivity index (χ4n) is 4.87. The molecule has 0 bridgehead atoms. The number of benzene rings is 1. The highest BCUT2D eigenvalue weighted by atomic mass is 16.5. The number of aliphatic carboxylic acids is 1. The molecule has 2 fully saturated rings. The van der Waals surface area contributed by atoms with Gasteiger partial charge in [-0.3, -0.25) is 4.79 Å². The molecule has 1 aliphatic heterocycles. The van der Waals surface area contributed by atoms with Crippen molar-refractivity contribution in [1.82, 2.24) is 4.90 Å². The molecule has 1 saturated heterocycles. The lowest BCUT2D eigenvalue weighted by Gasteiger charge is -2.37. The van der Waals surface area contributed by atoms with E-state index in [1.54, 1.807) is 0 Å². The van der Waals surface area contributed by atoms with Crippen molar-refractivity contribution >= 4 is 5.97 Å². The van der Waals surface area contributed by atoms with Crippen molar-refractivity contribution in [3.8, 4) is 5.75 Å². The van der Waals surface area contributed by atoms with Crippen LogP contribution in [-0.2, 0) is 4.79 Å². The van der Waals surface area contributed by atoms with Crippen molar-refractivity contribution in [2.75, 3.05) is 19.6 Å². The van der Waals surface area contributed by atoms with Gasteiger partial charge in [0.2, 0.25) is 0 Å². The first-order valence-electron chi connectivity index (χ1n) is 11.0. The average Bonchev–Trinajstić information content (AvgIpc) is 2.66. The normalized spacial score (nSPS) is 26.8. The zero-order chi connectivity index (χ0) is 20.1. The van der Waals surface area contributed by atoms with Crippen molar-refractivity contribution in [2.24, 2.45) is 11.3 Å². The van der Waals surface area contributed by atoms with E-state index in [4.69, 9.17) is 9.84 Å². The maximum absolute atomic E-state index is 10.9. The van der Waals surface area contributed by atoms with E-state index in [0.29, 0.717) is 24.0 Å². The zero-order valence-corrected chi connectivity index (χ0v) is 17.8. The summed E-state index contributed by atoms with van der Waals surface area (Å²) in [6.07, 6.45) is 7.69. The van der Waals surface area contributed by atoms with Crippen LogP contribution in [0.1, 0.15) is 77.2 Å². The van der Waals surface area contributed by atoms with Crippen molar-refractivity contribution in [1.29, 1.82) is 0 Å². The first-order valence-corrected chi connectivity index (χ1v) is 11.0. The first kappa shape index (κ1) is 21.2. The Balaban J connectivity index is 1.55. The van der Waals surface area contributed by atoms with E-state index in [2.05, 4.69) is 49.9 Å². The molecule has 1 heterocycles. The molecule has 3 rings (SSSR count). The molecule has 4 nitrogen and oxygen atoms in total. The van der Waals surface area contributed by atoms with E-state index in [0.717, 1.165) is 44.0 Å². The number of carboxylic acid groups (broad SMARTS) is 1. The number of carboxylic acids is 1. The number of hydrogen-bond acceptors (Lipinski definition) is 3. The van der Waals surface area contributed by atoms with Gasteiger partial charge in [0.15, 0.2) is 0 Å². The first-order chi connectivity index (χ1) is 13.3. The Kier molecular flexibility index (Phi) is 7.03.